The van der Waals surface area contributed by atoms with Gasteiger partial charge in [0.2, 0.25) is 0 Å². The molecule has 0 radical (unpaired) electrons. The van der Waals surface area contributed by atoms with Crippen molar-refractivity contribution in [2.75, 3.05) is 118 Å². The lowest BCUT2D eigenvalue weighted by atomic mass is 10.2. The Bertz CT molecular complexity index is 1340. The van der Waals surface area contributed by atoms with E-state index in [2.05, 4.69) is 161 Å². The van der Waals surface area contributed by atoms with Crippen molar-refractivity contribution < 1.29 is 0 Å². The number of benzene rings is 3. The highest BCUT2D eigenvalue weighted by Gasteiger charge is 2.17. The Morgan fingerprint density at radius 2 is 0.620 bits per heavy atom. The summed E-state index contributed by atoms with van der Waals surface area (Å²) in [6.45, 7) is 21.6. The number of nitrogens with zero attached hydrogens (tertiary/aromatic N) is 5. The van der Waals surface area contributed by atoms with Crippen LogP contribution in [0.3, 0.4) is 0 Å². The van der Waals surface area contributed by atoms with Gasteiger partial charge >= 0.3 is 0 Å². The van der Waals surface area contributed by atoms with Crippen molar-refractivity contribution in [2.24, 2.45) is 0 Å². The van der Waals surface area contributed by atoms with Crippen LogP contribution in [0.4, 0.5) is 0 Å². The van der Waals surface area contributed by atoms with Crippen LogP contribution < -0.4 is 16.0 Å². The zero-order valence-corrected chi connectivity index (χ0v) is 34.4. The lowest BCUT2D eigenvalue weighted by Gasteiger charge is -2.33. The van der Waals surface area contributed by atoms with Gasteiger partial charge in [0.05, 0.1) is 0 Å². The first kappa shape index (κ1) is 40.0. The first-order valence-electron chi connectivity index (χ1n) is 18.5. The zero-order valence-electron chi connectivity index (χ0n) is 29.6. The van der Waals surface area contributed by atoms with Gasteiger partial charge in [-0.2, -0.15) is 0 Å². The quantitative estimate of drug-likeness (QED) is 0.314. The van der Waals surface area contributed by atoms with Gasteiger partial charge in [-0.1, -0.05) is 84.2 Å². The van der Waals surface area contributed by atoms with Crippen molar-refractivity contribution in [3.05, 3.63) is 103 Å². The molecule has 2 atom stereocenters. The van der Waals surface area contributed by atoms with Gasteiger partial charge in [0.15, 0.2) is 0 Å². The predicted molar refractivity (Wildman–Crippen MR) is 220 cm³/mol. The first-order valence-corrected chi connectivity index (χ1v) is 20.8. The number of nitrogens with one attached hydrogen (secondary N) is 3. The third-order valence-electron chi connectivity index (χ3n) is 9.79. The van der Waals surface area contributed by atoms with E-state index in [4.69, 9.17) is 0 Å². The summed E-state index contributed by atoms with van der Waals surface area (Å²) < 4.78 is 3.41. The standard InChI is InChI=1S/C39H57Br3N8/c40-37-7-1-34(2-8-37)31-48-22-18-45-17-20-46-19-15-43-13-14-44-16-21-47(24-26-48)25-28-50(33-36-5-11-39(42)12-6-36)30-29-49(27-23-46)32-35-3-9-38(41)10-4-35/h1-12,43-45H,13-33H2. The Hall–Kier alpha value is -1.22. The molecule has 2 unspecified atom stereocenters. The van der Waals surface area contributed by atoms with E-state index in [1.807, 2.05) is 0 Å². The Labute approximate surface area is 326 Å². The largest absolute Gasteiger partial charge is 0.314 e. The minimum absolute atomic E-state index is 0.963. The molecule has 8 nitrogen and oxygen atoms in total. The van der Waals surface area contributed by atoms with E-state index in [-0.39, 0.29) is 0 Å². The topological polar surface area (TPSA) is 52.3 Å². The predicted octanol–water partition coefficient (Wildman–Crippen LogP) is 5.18. The van der Waals surface area contributed by atoms with E-state index in [0.717, 1.165) is 151 Å². The van der Waals surface area contributed by atoms with Gasteiger partial charge in [-0.05, 0) is 53.1 Å². The fourth-order valence-corrected chi connectivity index (χ4v) is 7.45. The Balaban J connectivity index is 1.36. The second kappa shape index (κ2) is 22.8. The zero-order chi connectivity index (χ0) is 34.8. The fourth-order valence-electron chi connectivity index (χ4n) is 6.66. The second-order valence-corrected chi connectivity index (χ2v) is 16.4. The number of rotatable bonds is 6. The summed E-state index contributed by atoms with van der Waals surface area (Å²) in [6, 6.07) is 26.6. The summed E-state index contributed by atoms with van der Waals surface area (Å²) in [6.07, 6.45) is 0. The van der Waals surface area contributed by atoms with Crippen LogP contribution in [0.2, 0.25) is 0 Å². The maximum atomic E-state index is 3.81. The molecule has 0 aliphatic carbocycles. The molecule has 3 aromatic carbocycles. The number of hydrogen-bond donors (Lipinski definition) is 3. The van der Waals surface area contributed by atoms with E-state index in [0.29, 0.717) is 0 Å². The van der Waals surface area contributed by atoms with Gasteiger partial charge in [-0.25, -0.2) is 0 Å². The van der Waals surface area contributed by atoms with Crippen molar-refractivity contribution in [3.63, 3.8) is 0 Å². The summed E-state index contributed by atoms with van der Waals surface area (Å²) in [5, 5.41) is 11.2. The van der Waals surface area contributed by atoms with E-state index < -0.39 is 0 Å². The van der Waals surface area contributed by atoms with Gasteiger partial charge in [0.1, 0.15) is 0 Å². The normalized spacial score (nSPS) is 22.6. The molecule has 3 fully saturated rings. The summed E-state index contributed by atoms with van der Waals surface area (Å²) >= 11 is 10.9. The van der Waals surface area contributed by atoms with Crippen molar-refractivity contribution >= 4 is 47.8 Å². The van der Waals surface area contributed by atoms with Crippen LogP contribution in [0.5, 0.6) is 0 Å². The van der Waals surface area contributed by atoms with Crippen LogP contribution in [-0.4, -0.2) is 142 Å². The molecule has 3 aliphatic heterocycles. The number of halogens is 3. The fraction of sp³-hybridized carbons (Fsp3) is 0.538. The van der Waals surface area contributed by atoms with Crippen LogP contribution in [-0.2, 0) is 19.6 Å². The summed E-state index contributed by atoms with van der Waals surface area (Å²) in [5.74, 6) is 0. The van der Waals surface area contributed by atoms with E-state index in [1.165, 1.54) is 16.7 Å². The highest BCUT2D eigenvalue weighted by atomic mass is 79.9. The maximum absolute atomic E-state index is 3.81. The molecule has 274 valence electrons. The molecule has 2 bridgehead atoms. The minimum atomic E-state index is 0.963. The van der Waals surface area contributed by atoms with Gasteiger partial charge < -0.3 is 16.0 Å². The van der Waals surface area contributed by atoms with Gasteiger partial charge in [0.25, 0.3) is 0 Å². The summed E-state index contributed by atoms with van der Waals surface area (Å²) in [7, 11) is 0. The summed E-state index contributed by atoms with van der Waals surface area (Å²) in [5.41, 5.74) is 4.12. The monoisotopic (exact) mass is 874 g/mol. The minimum Gasteiger partial charge on any atom is -0.314 e. The molecular weight excluding hydrogens is 820 g/mol. The number of hydrogen-bond acceptors (Lipinski definition) is 8. The van der Waals surface area contributed by atoms with Crippen molar-refractivity contribution in [1.82, 2.24) is 40.4 Å². The molecule has 0 spiro atoms. The molecule has 3 N–H and O–H groups in total. The second-order valence-electron chi connectivity index (χ2n) is 13.6. The maximum Gasteiger partial charge on any atom is 0.0234 e. The van der Waals surface area contributed by atoms with Gasteiger partial charge in [-0.15, -0.1) is 0 Å². The van der Waals surface area contributed by atoms with Crippen molar-refractivity contribution in [2.45, 2.75) is 19.6 Å². The molecule has 0 aromatic heterocycles. The molecule has 3 saturated heterocycles. The van der Waals surface area contributed by atoms with E-state index >= 15 is 0 Å². The molecule has 50 heavy (non-hydrogen) atoms. The third kappa shape index (κ3) is 15.4. The lowest BCUT2D eigenvalue weighted by molar-refractivity contribution is 0.143. The molecule has 11 heteroatoms. The van der Waals surface area contributed by atoms with Crippen LogP contribution in [0, 0.1) is 0 Å². The van der Waals surface area contributed by atoms with E-state index in [9.17, 15) is 0 Å². The molecule has 0 amide bonds. The molecule has 3 heterocycles. The first-order chi connectivity index (χ1) is 24.5. The number of fused-ring (bicyclic) bond motifs is 21. The van der Waals surface area contributed by atoms with Crippen LogP contribution in [0.1, 0.15) is 16.7 Å². The Kier molecular flexibility index (Phi) is 18.2. The average Bonchev–Trinajstić information content (AvgIpc) is 3.12. The van der Waals surface area contributed by atoms with Crippen molar-refractivity contribution in [1.29, 1.82) is 0 Å². The molecule has 0 saturated carbocycles. The molecular formula is C39H57Br3N8. The van der Waals surface area contributed by atoms with Gasteiger partial charge in [0, 0.05) is 151 Å². The van der Waals surface area contributed by atoms with Crippen LogP contribution in [0.25, 0.3) is 0 Å². The Morgan fingerprint density at radius 3 is 1.00 bits per heavy atom. The molecule has 6 rings (SSSR count). The van der Waals surface area contributed by atoms with E-state index in [1.54, 1.807) is 0 Å². The van der Waals surface area contributed by atoms with Crippen LogP contribution >= 0.6 is 47.8 Å². The molecule has 3 aliphatic rings. The third-order valence-corrected chi connectivity index (χ3v) is 11.4. The lowest BCUT2D eigenvalue weighted by Crippen LogP contribution is -2.47. The Morgan fingerprint density at radius 1 is 0.340 bits per heavy atom. The van der Waals surface area contributed by atoms with Crippen molar-refractivity contribution in [3.8, 4) is 0 Å². The highest BCUT2D eigenvalue weighted by Crippen LogP contribution is 2.16. The SMILES string of the molecule is Brc1ccc(CN2CCNCCN3CCNCCNCCN(CC2)CCN(Cc2ccc(Br)cc2)CCN(Cc2ccc(Br)cc2)CC3)cc1. The average molecular weight is 878 g/mol. The van der Waals surface area contributed by atoms with Crippen LogP contribution in [0.15, 0.2) is 86.2 Å². The smallest absolute Gasteiger partial charge is 0.0234 e. The summed E-state index contributed by atoms with van der Waals surface area (Å²) in [4.78, 5) is 13.4. The highest BCUT2D eigenvalue weighted by molar-refractivity contribution is 9.11. The van der Waals surface area contributed by atoms with Gasteiger partial charge in [-0.3, -0.25) is 24.5 Å². The molecule has 3 aromatic rings.